The van der Waals surface area contributed by atoms with Crippen LogP contribution in [-0.2, 0) is 4.74 Å². The van der Waals surface area contributed by atoms with E-state index in [0.717, 1.165) is 19.0 Å². The Hall–Kier alpha value is -1.13. The van der Waals surface area contributed by atoms with Gasteiger partial charge in [-0.1, -0.05) is 6.07 Å². The van der Waals surface area contributed by atoms with Gasteiger partial charge < -0.3 is 10.1 Å². The fourth-order valence-electron chi connectivity index (χ4n) is 3.34. The van der Waals surface area contributed by atoms with Gasteiger partial charge >= 0.3 is 0 Å². The van der Waals surface area contributed by atoms with E-state index in [4.69, 9.17) is 9.72 Å². The van der Waals surface area contributed by atoms with Gasteiger partial charge in [-0.3, -0.25) is 4.90 Å². The third-order valence-corrected chi connectivity index (χ3v) is 4.32. The van der Waals surface area contributed by atoms with Crippen molar-refractivity contribution in [3.05, 3.63) is 23.9 Å². The van der Waals surface area contributed by atoms with Crippen molar-refractivity contribution in [3.63, 3.8) is 0 Å². The van der Waals surface area contributed by atoms with Crippen LogP contribution < -0.4 is 5.32 Å². The molecule has 1 aromatic heterocycles. The SMILES string of the molecule is CNc1cccc([C@H]2CCCN2C2CCOCC2)n1. The van der Waals surface area contributed by atoms with Crippen LogP contribution in [-0.4, -0.2) is 42.7 Å². The molecule has 0 saturated carbocycles. The minimum absolute atomic E-state index is 0.497. The van der Waals surface area contributed by atoms with Crippen molar-refractivity contribution in [2.45, 2.75) is 37.8 Å². The lowest BCUT2D eigenvalue weighted by atomic mass is 10.0. The van der Waals surface area contributed by atoms with Gasteiger partial charge in [-0.15, -0.1) is 0 Å². The number of ether oxygens (including phenoxy) is 1. The Morgan fingerprint density at radius 1 is 1.26 bits per heavy atom. The Morgan fingerprint density at radius 3 is 2.89 bits per heavy atom. The summed E-state index contributed by atoms with van der Waals surface area (Å²) in [6, 6.07) is 7.48. The second kappa shape index (κ2) is 5.88. The number of hydrogen-bond acceptors (Lipinski definition) is 4. The summed E-state index contributed by atoms with van der Waals surface area (Å²) in [6.45, 7) is 3.04. The molecule has 2 aliphatic rings. The van der Waals surface area contributed by atoms with E-state index in [2.05, 4.69) is 22.3 Å². The van der Waals surface area contributed by atoms with Gasteiger partial charge in [0.1, 0.15) is 5.82 Å². The van der Waals surface area contributed by atoms with E-state index in [0.29, 0.717) is 12.1 Å². The van der Waals surface area contributed by atoms with Gasteiger partial charge in [0.2, 0.25) is 0 Å². The second-order valence-electron chi connectivity index (χ2n) is 5.44. The highest BCUT2D eigenvalue weighted by atomic mass is 16.5. The summed E-state index contributed by atoms with van der Waals surface area (Å²) < 4.78 is 5.48. The number of pyridine rings is 1. The highest BCUT2D eigenvalue weighted by Crippen LogP contribution is 2.35. The summed E-state index contributed by atoms with van der Waals surface area (Å²) in [4.78, 5) is 7.39. The molecule has 4 heteroatoms. The number of nitrogens with zero attached hydrogens (tertiary/aromatic N) is 2. The summed E-state index contributed by atoms with van der Waals surface area (Å²) >= 11 is 0. The van der Waals surface area contributed by atoms with E-state index in [1.807, 2.05) is 13.1 Å². The molecule has 2 fully saturated rings. The molecule has 1 atom stereocenters. The zero-order valence-corrected chi connectivity index (χ0v) is 11.6. The van der Waals surface area contributed by atoms with E-state index in [1.165, 1.54) is 37.9 Å². The van der Waals surface area contributed by atoms with Gasteiger partial charge in [0.25, 0.3) is 0 Å². The molecule has 104 valence electrons. The van der Waals surface area contributed by atoms with Crippen molar-refractivity contribution >= 4 is 5.82 Å². The average molecular weight is 261 g/mol. The van der Waals surface area contributed by atoms with Gasteiger partial charge in [0.05, 0.1) is 11.7 Å². The molecular weight excluding hydrogens is 238 g/mol. The molecule has 0 unspecified atom stereocenters. The third kappa shape index (κ3) is 2.74. The van der Waals surface area contributed by atoms with Gasteiger partial charge in [-0.25, -0.2) is 4.98 Å². The lowest BCUT2D eigenvalue weighted by Crippen LogP contribution is -2.39. The van der Waals surface area contributed by atoms with E-state index < -0.39 is 0 Å². The van der Waals surface area contributed by atoms with E-state index in [9.17, 15) is 0 Å². The first-order valence-corrected chi connectivity index (χ1v) is 7.36. The summed E-state index contributed by atoms with van der Waals surface area (Å²) in [6.07, 6.45) is 4.86. The monoisotopic (exact) mass is 261 g/mol. The molecular formula is C15H23N3O. The highest BCUT2D eigenvalue weighted by molar-refractivity contribution is 5.35. The minimum Gasteiger partial charge on any atom is -0.381 e. The molecule has 2 saturated heterocycles. The third-order valence-electron chi connectivity index (χ3n) is 4.32. The Morgan fingerprint density at radius 2 is 2.11 bits per heavy atom. The number of anilines is 1. The van der Waals surface area contributed by atoms with Crippen LogP contribution in [0.1, 0.15) is 37.4 Å². The first kappa shape index (κ1) is 12.9. The van der Waals surface area contributed by atoms with Gasteiger partial charge in [-0.2, -0.15) is 0 Å². The summed E-state index contributed by atoms with van der Waals surface area (Å²) in [5.74, 6) is 0.969. The fraction of sp³-hybridized carbons (Fsp3) is 0.667. The Bertz CT molecular complexity index is 418. The Labute approximate surface area is 115 Å². The fourth-order valence-corrected chi connectivity index (χ4v) is 3.34. The van der Waals surface area contributed by atoms with Crippen LogP contribution in [0.5, 0.6) is 0 Å². The van der Waals surface area contributed by atoms with Crippen LogP contribution in [0.15, 0.2) is 18.2 Å². The van der Waals surface area contributed by atoms with E-state index in [1.54, 1.807) is 0 Å². The van der Waals surface area contributed by atoms with Gasteiger partial charge in [-0.05, 0) is 44.4 Å². The normalized spacial score (nSPS) is 25.6. The largest absolute Gasteiger partial charge is 0.381 e. The predicted octanol–water partition coefficient (Wildman–Crippen LogP) is 2.44. The van der Waals surface area contributed by atoms with Crippen molar-refractivity contribution in [3.8, 4) is 0 Å². The highest BCUT2D eigenvalue weighted by Gasteiger charge is 2.33. The molecule has 1 N–H and O–H groups in total. The van der Waals surface area contributed by atoms with Crippen LogP contribution in [0, 0.1) is 0 Å². The van der Waals surface area contributed by atoms with Gasteiger partial charge in [0, 0.05) is 26.3 Å². The molecule has 0 radical (unpaired) electrons. The lowest BCUT2D eigenvalue weighted by molar-refractivity contribution is 0.0285. The Balaban J connectivity index is 1.77. The van der Waals surface area contributed by atoms with Crippen molar-refractivity contribution < 1.29 is 4.74 Å². The van der Waals surface area contributed by atoms with Crippen LogP contribution in [0.2, 0.25) is 0 Å². The maximum Gasteiger partial charge on any atom is 0.126 e. The number of rotatable bonds is 3. The number of hydrogen-bond donors (Lipinski definition) is 1. The van der Waals surface area contributed by atoms with Crippen molar-refractivity contribution in [2.24, 2.45) is 0 Å². The zero-order chi connectivity index (χ0) is 13.1. The van der Waals surface area contributed by atoms with E-state index in [-0.39, 0.29) is 0 Å². The smallest absolute Gasteiger partial charge is 0.126 e. The lowest BCUT2D eigenvalue weighted by Gasteiger charge is -2.35. The second-order valence-corrected chi connectivity index (χ2v) is 5.44. The maximum absolute atomic E-state index is 5.48. The van der Waals surface area contributed by atoms with Crippen LogP contribution >= 0.6 is 0 Å². The first-order chi connectivity index (χ1) is 9.38. The molecule has 0 aromatic carbocycles. The predicted molar refractivity (Wildman–Crippen MR) is 76.3 cm³/mol. The van der Waals surface area contributed by atoms with Crippen molar-refractivity contribution in [1.29, 1.82) is 0 Å². The van der Waals surface area contributed by atoms with Crippen LogP contribution in [0.25, 0.3) is 0 Å². The number of aromatic nitrogens is 1. The molecule has 0 bridgehead atoms. The van der Waals surface area contributed by atoms with Crippen LogP contribution in [0.4, 0.5) is 5.82 Å². The standard InChI is InChI=1S/C15H23N3O/c1-16-15-6-2-4-13(17-15)14-5-3-9-18(14)12-7-10-19-11-8-12/h2,4,6,12,14H,3,5,7-11H2,1H3,(H,16,17)/t14-/m1/s1. The van der Waals surface area contributed by atoms with Crippen LogP contribution in [0.3, 0.4) is 0 Å². The molecule has 0 spiro atoms. The molecule has 3 heterocycles. The van der Waals surface area contributed by atoms with E-state index >= 15 is 0 Å². The zero-order valence-electron chi connectivity index (χ0n) is 11.6. The van der Waals surface area contributed by atoms with Crippen molar-refractivity contribution in [1.82, 2.24) is 9.88 Å². The molecule has 0 amide bonds. The topological polar surface area (TPSA) is 37.4 Å². The molecule has 19 heavy (non-hydrogen) atoms. The number of likely N-dealkylation sites (tertiary alicyclic amines) is 1. The van der Waals surface area contributed by atoms with Crippen molar-refractivity contribution in [2.75, 3.05) is 32.1 Å². The minimum atomic E-state index is 0.497. The molecule has 3 rings (SSSR count). The first-order valence-electron chi connectivity index (χ1n) is 7.36. The number of nitrogens with one attached hydrogen (secondary N) is 1. The molecule has 1 aromatic rings. The maximum atomic E-state index is 5.48. The van der Waals surface area contributed by atoms with Gasteiger partial charge in [0.15, 0.2) is 0 Å². The quantitative estimate of drug-likeness (QED) is 0.907. The molecule has 4 nitrogen and oxygen atoms in total. The summed E-state index contributed by atoms with van der Waals surface area (Å²) in [5, 5.41) is 3.14. The Kier molecular flexibility index (Phi) is 3.99. The average Bonchev–Trinajstić information content (AvgIpc) is 2.98. The molecule has 0 aliphatic carbocycles. The molecule has 2 aliphatic heterocycles. The summed E-state index contributed by atoms with van der Waals surface area (Å²) in [5.41, 5.74) is 1.22. The summed E-state index contributed by atoms with van der Waals surface area (Å²) in [7, 11) is 1.93.